The monoisotopic (exact) mass is 453 g/mol. The third-order valence-electron chi connectivity index (χ3n) is 5.80. The van der Waals surface area contributed by atoms with Gasteiger partial charge in [0, 0.05) is 26.1 Å². The third kappa shape index (κ3) is 8.13. The van der Waals surface area contributed by atoms with Crippen LogP contribution in [0.4, 0.5) is 8.78 Å². The first kappa shape index (κ1) is 26.2. The number of aliphatic hydroxyl groups excluding tert-OH is 1. The van der Waals surface area contributed by atoms with E-state index in [9.17, 15) is 23.5 Å². The molecule has 180 valence electrons. The molecule has 1 fully saturated rings. The molecule has 2 rings (SSSR count). The first-order valence-corrected chi connectivity index (χ1v) is 11.3. The summed E-state index contributed by atoms with van der Waals surface area (Å²) >= 11 is 0. The highest BCUT2D eigenvalue weighted by Gasteiger charge is 2.40. The van der Waals surface area contributed by atoms with Crippen LogP contribution in [0.1, 0.15) is 65.4 Å². The second-order valence-electron chi connectivity index (χ2n) is 10.1. The first-order valence-electron chi connectivity index (χ1n) is 11.3. The second-order valence-corrected chi connectivity index (χ2v) is 10.1. The highest BCUT2D eigenvalue weighted by Crippen LogP contribution is 2.29. The Morgan fingerprint density at radius 2 is 1.69 bits per heavy atom. The Balaban J connectivity index is 2.10. The van der Waals surface area contributed by atoms with Gasteiger partial charge in [0.15, 0.2) is 0 Å². The number of carbonyl (C=O) groups excluding carboxylic acids is 2. The van der Waals surface area contributed by atoms with Crippen molar-refractivity contribution in [3.05, 3.63) is 35.4 Å². The molecule has 8 heteroatoms. The minimum atomic E-state index is -1.06. The number of hydrogen-bond donors (Lipinski definition) is 4. The van der Waals surface area contributed by atoms with Crippen LogP contribution in [0.3, 0.4) is 0 Å². The molecular formula is C24H37F2N3O3. The average Bonchev–Trinajstić information content (AvgIpc) is 2.68. The van der Waals surface area contributed by atoms with Crippen LogP contribution in [0.15, 0.2) is 18.2 Å². The van der Waals surface area contributed by atoms with Gasteiger partial charge in [0.2, 0.25) is 11.8 Å². The molecule has 1 aromatic rings. The molecule has 4 N–H and O–H groups in total. The molecule has 0 aliphatic heterocycles. The van der Waals surface area contributed by atoms with E-state index in [2.05, 4.69) is 16.0 Å². The van der Waals surface area contributed by atoms with Crippen LogP contribution in [-0.2, 0) is 16.0 Å². The van der Waals surface area contributed by atoms with E-state index in [1.54, 1.807) is 0 Å². The summed E-state index contributed by atoms with van der Waals surface area (Å²) in [5, 5.41) is 19.8. The molecule has 0 spiro atoms. The number of rotatable bonds is 9. The number of aliphatic hydroxyl groups is 1. The van der Waals surface area contributed by atoms with Gasteiger partial charge in [-0.05, 0) is 42.4 Å². The van der Waals surface area contributed by atoms with Crippen LogP contribution in [0.25, 0.3) is 0 Å². The third-order valence-corrected chi connectivity index (χ3v) is 5.80. The minimum Gasteiger partial charge on any atom is -0.390 e. The highest BCUT2D eigenvalue weighted by molar-refractivity contribution is 5.86. The van der Waals surface area contributed by atoms with E-state index in [-0.39, 0.29) is 30.2 Å². The van der Waals surface area contributed by atoms with Crippen molar-refractivity contribution in [3.8, 4) is 0 Å². The number of amides is 2. The molecule has 2 amide bonds. The molecule has 0 aromatic heterocycles. The Labute approximate surface area is 189 Å². The largest absolute Gasteiger partial charge is 0.390 e. The van der Waals surface area contributed by atoms with Crippen LogP contribution in [-0.4, -0.2) is 47.7 Å². The van der Waals surface area contributed by atoms with Gasteiger partial charge < -0.3 is 21.1 Å². The van der Waals surface area contributed by atoms with Crippen LogP contribution < -0.4 is 16.0 Å². The fourth-order valence-electron chi connectivity index (χ4n) is 4.12. The Kier molecular flexibility index (Phi) is 9.16. The normalized spacial score (nSPS) is 18.0. The number of β-amino-alcohol motifs (C(OH)–C–C–N with tert-alkyl or cyclic N) is 1. The fourth-order valence-corrected chi connectivity index (χ4v) is 4.12. The van der Waals surface area contributed by atoms with E-state index in [0.29, 0.717) is 24.9 Å². The molecule has 1 aliphatic rings. The van der Waals surface area contributed by atoms with E-state index in [1.165, 1.54) is 19.1 Å². The summed E-state index contributed by atoms with van der Waals surface area (Å²) in [6, 6.07) is 2.37. The Morgan fingerprint density at radius 3 is 2.22 bits per heavy atom. The Bertz CT molecular complexity index is 769. The number of halogens is 2. The maximum Gasteiger partial charge on any atom is 0.240 e. The zero-order chi connectivity index (χ0) is 23.9. The van der Waals surface area contributed by atoms with Crippen molar-refractivity contribution in [2.75, 3.05) is 13.1 Å². The van der Waals surface area contributed by atoms with Crippen LogP contribution in [0.5, 0.6) is 0 Å². The SMILES string of the molecule is CC(=O)NC(Cc1cc(F)cc(F)c1)C(O)CNC1(C(=O)NCC(C)(C)C)CCCCC1. The lowest BCUT2D eigenvalue weighted by molar-refractivity contribution is -0.130. The first-order chi connectivity index (χ1) is 14.9. The summed E-state index contributed by atoms with van der Waals surface area (Å²) < 4.78 is 27.2. The summed E-state index contributed by atoms with van der Waals surface area (Å²) in [6.45, 7) is 8.06. The Hall–Kier alpha value is -2.06. The zero-order valence-electron chi connectivity index (χ0n) is 19.6. The molecule has 0 radical (unpaired) electrons. The smallest absolute Gasteiger partial charge is 0.240 e. The molecule has 1 saturated carbocycles. The van der Waals surface area contributed by atoms with Gasteiger partial charge in [-0.25, -0.2) is 8.78 Å². The fraction of sp³-hybridized carbons (Fsp3) is 0.667. The quantitative estimate of drug-likeness (QED) is 0.463. The minimum absolute atomic E-state index is 0.0538. The van der Waals surface area contributed by atoms with E-state index < -0.39 is 29.3 Å². The molecule has 1 aromatic carbocycles. The van der Waals surface area contributed by atoms with Crippen molar-refractivity contribution >= 4 is 11.8 Å². The van der Waals surface area contributed by atoms with Crippen molar-refractivity contribution in [2.45, 2.75) is 83.9 Å². The second kappa shape index (κ2) is 11.2. The number of carbonyl (C=O) groups is 2. The summed E-state index contributed by atoms with van der Waals surface area (Å²) in [5.74, 6) is -1.87. The van der Waals surface area contributed by atoms with Gasteiger partial charge >= 0.3 is 0 Å². The van der Waals surface area contributed by atoms with Crippen molar-refractivity contribution in [1.29, 1.82) is 0 Å². The van der Waals surface area contributed by atoms with Crippen LogP contribution in [0.2, 0.25) is 0 Å². The molecule has 1 aliphatic carbocycles. The van der Waals surface area contributed by atoms with Crippen molar-refractivity contribution in [3.63, 3.8) is 0 Å². The molecule has 0 bridgehead atoms. The molecule has 6 nitrogen and oxygen atoms in total. The van der Waals surface area contributed by atoms with Crippen LogP contribution in [0, 0.1) is 17.0 Å². The topological polar surface area (TPSA) is 90.5 Å². The lowest BCUT2D eigenvalue weighted by Crippen LogP contribution is -2.61. The molecule has 2 unspecified atom stereocenters. The zero-order valence-corrected chi connectivity index (χ0v) is 19.6. The van der Waals surface area contributed by atoms with Gasteiger partial charge in [0.25, 0.3) is 0 Å². The van der Waals surface area contributed by atoms with Gasteiger partial charge in [0.05, 0.1) is 17.7 Å². The molecule has 32 heavy (non-hydrogen) atoms. The molecule has 0 saturated heterocycles. The van der Waals surface area contributed by atoms with Crippen molar-refractivity contribution in [1.82, 2.24) is 16.0 Å². The predicted molar refractivity (Wildman–Crippen MR) is 120 cm³/mol. The number of nitrogens with one attached hydrogen (secondary N) is 3. The average molecular weight is 454 g/mol. The lowest BCUT2D eigenvalue weighted by atomic mass is 9.80. The van der Waals surface area contributed by atoms with E-state index in [4.69, 9.17) is 0 Å². The molecule has 2 atom stereocenters. The van der Waals surface area contributed by atoms with Gasteiger partial charge in [-0.15, -0.1) is 0 Å². The van der Waals surface area contributed by atoms with Gasteiger partial charge in [-0.3, -0.25) is 9.59 Å². The number of hydrogen-bond acceptors (Lipinski definition) is 4. The van der Waals surface area contributed by atoms with Crippen molar-refractivity contribution in [2.24, 2.45) is 5.41 Å². The standard InChI is InChI=1S/C24H37F2N3O3/c1-16(30)29-20(12-17-10-18(25)13-19(26)11-17)21(31)14-28-24(8-6-5-7-9-24)22(32)27-15-23(2,3)4/h10-11,13,20-21,28,31H,5-9,12,14-15H2,1-4H3,(H,27,32)(H,29,30). The van der Waals surface area contributed by atoms with E-state index in [1.807, 2.05) is 20.8 Å². The van der Waals surface area contributed by atoms with E-state index in [0.717, 1.165) is 25.3 Å². The van der Waals surface area contributed by atoms with E-state index >= 15 is 0 Å². The molecular weight excluding hydrogens is 416 g/mol. The lowest BCUT2D eigenvalue weighted by Gasteiger charge is -2.39. The van der Waals surface area contributed by atoms with Gasteiger partial charge in [-0.1, -0.05) is 40.0 Å². The maximum absolute atomic E-state index is 13.6. The summed E-state index contributed by atoms with van der Waals surface area (Å²) in [4.78, 5) is 24.8. The summed E-state index contributed by atoms with van der Waals surface area (Å²) in [6.07, 6.45) is 3.19. The molecule has 0 heterocycles. The summed E-state index contributed by atoms with van der Waals surface area (Å²) in [7, 11) is 0. The Morgan fingerprint density at radius 1 is 1.09 bits per heavy atom. The highest BCUT2D eigenvalue weighted by atomic mass is 19.1. The summed E-state index contributed by atoms with van der Waals surface area (Å²) in [5.41, 5.74) is -0.506. The predicted octanol–water partition coefficient (Wildman–Crippen LogP) is 2.83. The maximum atomic E-state index is 13.6. The van der Waals surface area contributed by atoms with Crippen molar-refractivity contribution < 1.29 is 23.5 Å². The van der Waals surface area contributed by atoms with Gasteiger partial charge in [-0.2, -0.15) is 0 Å². The van der Waals surface area contributed by atoms with Crippen LogP contribution >= 0.6 is 0 Å². The van der Waals surface area contributed by atoms with Gasteiger partial charge in [0.1, 0.15) is 11.6 Å². The number of benzene rings is 1.